The Balaban J connectivity index is 0. The molecule has 0 saturated carbocycles. The summed E-state index contributed by atoms with van der Waals surface area (Å²) >= 11 is 0. The third-order valence-corrected chi connectivity index (χ3v) is 0. The van der Waals surface area contributed by atoms with E-state index >= 15 is 0 Å². The van der Waals surface area contributed by atoms with Crippen molar-refractivity contribution < 1.29 is 5.48 Å². The first-order valence-electron chi connectivity index (χ1n) is 0. The molecule has 1 nitrogen and oxygen atoms in total. The van der Waals surface area contributed by atoms with Gasteiger partial charge in [0.15, 0.2) is 0 Å². The second kappa shape index (κ2) is 24.0. The van der Waals surface area contributed by atoms with Gasteiger partial charge in [-0.1, -0.05) is 0 Å². The smallest absolute Gasteiger partial charge is 0 e. The molecule has 1 radical (unpaired) electrons. The van der Waals surface area contributed by atoms with Crippen LogP contribution in [-0.4, -0.2) is 35.0 Å². The molecule has 4 heteroatoms. The number of hydrogen-bond donors (Lipinski definition) is 0. The average Bonchev–Trinajstić information content (AvgIpc) is 0. The van der Waals surface area contributed by atoms with Gasteiger partial charge in [-0.05, 0) is 0 Å². The maximum Gasteiger partial charge on any atom is 0 e. The maximum atomic E-state index is 0. The molecule has 0 aromatic heterocycles. The summed E-state index contributed by atoms with van der Waals surface area (Å²) in [5, 5.41) is 0. The molecule has 0 spiro atoms. The van der Waals surface area contributed by atoms with E-state index in [-0.39, 0.29) is 59.8 Å². The summed E-state index contributed by atoms with van der Waals surface area (Å²) in [5.74, 6) is 0. The molecular formula is H4Cl2NaO. The fourth-order valence-corrected chi connectivity index (χ4v) is 0. The van der Waals surface area contributed by atoms with Crippen molar-refractivity contribution in [1.82, 2.24) is 0 Å². The van der Waals surface area contributed by atoms with Gasteiger partial charge in [-0.15, -0.1) is 24.8 Å². The Bertz CT molecular complexity index is 6.00. The van der Waals surface area contributed by atoms with E-state index in [0.717, 1.165) is 0 Å². The van der Waals surface area contributed by atoms with E-state index in [0.29, 0.717) is 0 Å². The van der Waals surface area contributed by atoms with E-state index in [4.69, 9.17) is 0 Å². The van der Waals surface area contributed by atoms with Crippen LogP contribution in [0.25, 0.3) is 0 Å². The van der Waals surface area contributed by atoms with Crippen LogP contribution in [0.1, 0.15) is 0 Å². The van der Waals surface area contributed by atoms with E-state index in [2.05, 4.69) is 0 Å². The van der Waals surface area contributed by atoms with Gasteiger partial charge in [0, 0.05) is 29.6 Å². The zero-order valence-electron chi connectivity index (χ0n) is 2.32. The molecule has 0 heterocycles. The van der Waals surface area contributed by atoms with Crippen molar-refractivity contribution in [2.75, 3.05) is 0 Å². The molecule has 4 heavy (non-hydrogen) atoms. The summed E-state index contributed by atoms with van der Waals surface area (Å²) in [5.41, 5.74) is 0. The Morgan fingerprint density at radius 3 is 0.750 bits per heavy atom. The number of halogens is 2. The number of hydrogen-bond acceptors (Lipinski definition) is 0. The first-order chi connectivity index (χ1) is 0. The SMILES string of the molecule is Cl.Cl.O.[Na]. The van der Waals surface area contributed by atoms with Gasteiger partial charge in [-0.3, -0.25) is 0 Å². The monoisotopic (exact) mass is 113 g/mol. The normalized spacial score (nSPS) is 0. The molecule has 0 fully saturated rings. The van der Waals surface area contributed by atoms with Crippen LogP contribution in [0.5, 0.6) is 0 Å². The minimum Gasteiger partial charge on any atom is -0.412 e. The molecule has 0 unspecified atom stereocenters. The van der Waals surface area contributed by atoms with Crippen LogP contribution in [-0.2, 0) is 0 Å². The van der Waals surface area contributed by atoms with Crippen molar-refractivity contribution in [3.63, 3.8) is 0 Å². The molecule has 0 bridgehead atoms. The molecule has 0 atom stereocenters. The second-order valence-electron chi connectivity index (χ2n) is 0. The van der Waals surface area contributed by atoms with Crippen LogP contribution < -0.4 is 0 Å². The summed E-state index contributed by atoms with van der Waals surface area (Å²) in [6.45, 7) is 0. The molecular weight excluding hydrogens is 110 g/mol. The van der Waals surface area contributed by atoms with E-state index in [1.807, 2.05) is 0 Å². The van der Waals surface area contributed by atoms with Crippen LogP contribution in [0, 0.1) is 0 Å². The molecule has 0 amide bonds. The van der Waals surface area contributed by atoms with E-state index in [9.17, 15) is 0 Å². The third kappa shape index (κ3) is 9.63. The Hall–Kier alpha value is 1.54. The van der Waals surface area contributed by atoms with Crippen LogP contribution >= 0.6 is 24.8 Å². The first kappa shape index (κ1) is 48.1. The van der Waals surface area contributed by atoms with Gasteiger partial charge in [0.25, 0.3) is 0 Å². The molecule has 0 aromatic carbocycles. The van der Waals surface area contributed by atoms with Gasteiger partial charge in [0.2, 0.25) is 0 Å². The minimum atomic E-state index is 0. The first-order valence-corrected chi connectivity index (χ1v) is 0. The van der Waals surface area contributed by atoms with E-state index < -0.39 is 0 Å². The van der Waals surface area contributed by atoms with Crippen molar-refractivity contribution in [3.8, 4) is 0 Å². The zero-order valence-corrected chi connectivity index (χ0v) is 5.95. The standard InChI is InChI=1S/2ClH.Na.H2O/h2*1H;;1H2. The molecule has 0 aliphatic rings. The molecule has 0 aliphatic heterocycles. The Labute approximate surface area is 59.6 Å². The quantitative estimate of drug-likeness (QED) is 0.385. The fourth-order valence-electron chi connectivity index (χ4n) is 0. The van der Waals surface area contributed by atoms with Crippen molar-refractivity contribution in [3.05, 3.63) is 0 Å². The molecule has 0 aliphatic carbocycles. The average molecular weight is 114 g/mol. The summed E-state index contributed by atoms with van der Waals surface area (Å²) in [6.07, 6.45) is 0. The third-order valence-electron chi connectivity index (χ3n) is 0. The zero-order chi connectivity index (χ0) is 0. The van der Waals surface area contributed by atoms with Gasteiger partial charge < -0.3 is 5.48 Å². The minimum absolute atomic E-state index is 0. The van der Waals surface area contributed by atoms with Gasteiger partial charge in [-0.25, -0.2) is 0 Å². The van der Waals surface area contributed by atoms with Crippen molar-refractivity contribution >= 4 is 54.4 Å². The molecule has 25 valence electrons. The molecule has 0 rings (SSSR count). The summed E-state index contributed by atoms with van der Waals surface area (Å²) in [6, 6.07) is 0. The van der Waals surface area contributed by atoms with Gasteiger partial charge in [0.1, 0.15) is 0 Å². The Morgan fingerprint density at radius 1 is 0.750 bits per heavy atom. The van der Waals surface area contributed by atoms with E-state index in [1.165, 1.54) is 0 Å². The van der Waals surface area contributed by atoms with E-state index in [1.54, 1.807) is 0 Å². The van der Waals surface area contributed by atoms with Crippen LogP contribution in [0.2, 0.25) is 0 Å². The predicted octanol–water partition coefficient (Wildman–Crippen LogP) is -0.362. The van der Waals surface area contributed by atoms with Gasteiger partial charge in [0.05, 0.1) is 0 Å². The van der Waals surface area contributed by atoms with Crippen LogP contribution in [0.4, 0.5) is 0 Å². The van der Waals surface area contributed by atoms with Gasteiger partial charge in [-0.2, -0.15) is 0 Å². The maximum absolute atomic E-state index is 0. The summed E-state index contributed by atoms with van der Waals surface area (Å²) < 4.78 is 0. The predicted molar refractivity (Wildman–Crippen MR) is 23.9 cm³/mol. The molecule has 0 aromatic rings. The Morgan fingerprint density at radius 2 is 0.750 bits per heavy atom. The number of rotatable bonds is 0. The van der Waals surface area contributed by atoms with Crippen LogP contribution in [0.3, 0.4) is 0 Å². The van der Waals surface area contributed by atoms with Crippen molar-refractivity contribution in [1.29, 1.82) is 0 Å². The molecule has 0 saturated heterocycles. The fraction of sp³-hybridized carbons (Fsp3) is 0. The summed E-state index contributed by atoms with van der Waals surface area (Å²) in [4.78, 5) is 0. The van der Waals surface area contributed by atoms with Crippen LogP contribution in [0.15, 0.2) is 0 Å². The summed E-state index contributed by atoms with van der Waals surface area (Å²) in [7, 11) is 0. The van der Waals surface area contributed by atoms with Gasteiger partial charge >= 0.3 is 0 Å². The van der Waals surface area contributed by atoms with Crippen molar-refractivity contribution in [2.45, 2.75) is 0 Å². The molecule has 2 N–H and O–H groups in total. The van der Waals surface area contributed by atoms with Crippen molar-refractivity contribution in [2.24, 2.45) is 0 Å². The largest absolute Gasteiger partial charge is 0.412 e. The Kier molecular flexibility index (Phi) is 289. The topological polar surface area (TPSA) is 31.5 Å². The second-order valence-corrected chi connectivity index (χ2v) is 0.